The minimum Gasteiger partial charge on any atom is -0.481 e. The van der Waals surface area contributed by atoms with Crippen molar-refractivity contribution in [1.82, 2.24) is 4.90 Å². The van der Waals surface area contributed by atoms with Crippen LogP contribution in [0, 0.1) is 11.8 Å². The standard InChI is InChI=1S/C14H25NO3/c1-10(8-14(16)17)12-4-3-6-15(9-12)13-5-7-18-11(13)2/h10-13H,3-9H2,1-2H3,(H,16,17). The zero-order valence-corrected chi connectivity index (χ0v) is 11.5. The van der Waals surface area contributed by atoms with Crippen molar-refractivity contribution < 1.29 is 14.6 Å². The highest BCUT2D eigenvalue weighted by atomic mass is 16.5. The van der Waals surface area contributed by atoms with E-state index in [4.69, 9.17) is 9.84 Å². The monoisotopic (exact) mass is 255 g/mol. The second-order valence-corrected chi connectivity index (χ2v) is 5.90. The van der Waals surface area contributed by atoms with Gasteiger partial charge >= 0.3 is 5.97 Å². The van der Waals surface area contributed by atoms with Crippen molar-refractivity contribution in [1.29, 1.82) is 0 Å². The normalized spacial score (nSPS) is 35.6. The van der Waals surface area contributed by atoms with Crippen molar-refractivity contribution in [3.8, 4) is 0 Å². The van der Waals surface area contributed by atoms with Gasteiger partial charge in [0.2, 0.25) is 0 Å². The molecule has 0 aromatic carbocycles. The second-order valence-electron chi connectivity index (χ2n) is 5.90. The van der Waals surface area contributed by atoms with Gasteiger partial charge in [0, 0.05) is 25.6 Å². The maximum atomic E-state index is 10.8. The molecule has 4 nitrogen and oxygen atoms in total. The Morgan fingerprint density at radius 2 is 2.28 bits per heavy atom. The fourth-order valence-corrected chi connectivity index (χ4v) is 3.45. The first-order valence-corrected chi connectivity index (χ1v) is 7.15. The first-order valence-electron chi connectivity index (χ1n) is 7.15. The Morgan fingerprint density at radius 3 is 2.89 bits per heavy atom. The van der Waals surface area contributed by atoms with Crippen molar-refractivity contribution >= 4 is 5.97 Å². The molecule has 18 heavy (non-hydrogen) atoms. The number of nitrogens with zero attached hydrogens (tertiary/aromatic N) is 1. The van der Waals surface area contributed by atoms with Gasteiger partial charge in [0.05, 0.1) is 6.10 Å². The molecule has 0 amide bonds. The van der Waals surface area contributed by atoms with E-state index in [1.807, 2.05) is 0 Å². The summed E-state index contributed by atoms with van der Waals surface area (Å²) in [5, 5.41) is 8.90. The number of aliphatic carboxylic acids is 1. The summed E-state index contributed by atoms with van der Waals surface area (Å²) >= 11 is 0. The average molecular weight is 255 g/mol. The molecule has 2 aliphatic rings. The van der Waals surface area contributed by atoms with Crippen molar-refractivity contribution in [2.24, 2.45) is 11.8 Å². The molecule has 2 fully saturated rings. The largest absolute Gasteiger partial charge is 0.481 e. The van der Waals surface area contributed by atoms with Gasteiger partial charge in [-0.2, -0.15) is 0 Å². The number of ether oxygens (including phenoxy) is 1. The third kappa shape index (κ3) is 3.23. The molecule has 4 atom stereocenters. The van der Waals surface area contributed by atoms with Crippen molar-refractivity contribution in [2.45, 2.75) is 51.7 Å². The molecule has 0 aromatic rings. The third-order valence-corrected chi connectivity index (χ3v) is 4.60. The summed E-state index contributed by atoms with van der Waals surface area (Å²) in [5.41, 5.74) is 0. The molecule has 2 heterocycles. The Balaban J connectivity index is 1.89. The number of hydrogen-bond acceptors (Lipinski definition) is 3. The fraction of sp³-hybridized carbons (Fsp3) is 0.929. The summed E-state index contributed by atoms with van der Waals surface area (Å²) in [6.07, 6.45) is 4.12. The number of carboxylic acids is 1. The maximum absolute atomic E-state index is 10.8. The highest BCUT2D eigenvalue weighted by Crippen LogP contribution is 2.30. The quantitative estimate of drug-likeness (QED) is 0.834. The maximum Gasteiger partial charge on any atom is 0.303 e. The number of carboxylic acid groups (broad SMARTS) is 1. The summed E-state index contributed by atoms with van der Waals surface area (Å²) in [6.45, 7) is 7.30. The predicted octanol–water partition coefficient (Wildman–Crippen LogP) is 1.99. The Labute approximate surface area is 109 Å². The van der Waals surface area contributed by atoms with Crippen molar-refractivity contribution in [3.05, 3.63) is 0 Å². The van der Waals surface area contributed by atoms with Crippen molar-refractivity contribution in [3.63, 3.8) is 0 Å². The van der Waals surface area contributed by atoms with Crippen LogP contribution in [0.3, 0.4) is 0 Å². The molecule has 4 heteroatoms. The second kappa shape index (κ2) is 6.02. The Morgan fingerprint density at radius 1 is 1.50 bits per heavy atom. The minimum atomic E-state index is -0.669. The van der Waals surface area contributed by atoms with E-state index in [1.165, 1.54) is 12.8 Å². The van der Waals surface area contributed by atoms with Gasteiger partial charge in [-0.1, -0.05) is 6.92 Å². The number of piperidine rings is 1. The van der Waals surface area contributed by atoms with Gasteiger partial charge in [-0.15, -0.1) is 0 Å². The molecule has 0 radical (unpaired) electrons. The summed E-state index contributed by atoms with van der Waals surface area (Å²) in [4.78, 5) is 13.3. The Bertz CT molecular complexity index is 295. The molecule has 0 bridgehead atoms. The minimum absolute atomic E-state index is 0.280. The van der Waals surface area contributed by atoms with Crippen LogP contribution in [0.1, 0.15) is 39.5 Å². The molecule has 0 saturated carbocycles. The Hall–Kier alpha value is -0.610. The predicted molar refractivity (Wildman–Crippen MR) is 69.5 cm³/mol. The van der Waals surface area contributed by atoms with Crippen molar-refractivity contribution in [2.75, 3.05) is 19.7 Å². The molecule has 0 aliphatic carbocycles. The number of carbonyl (C=O) groups is 1. The summed E-state index contributed by atoms with van der Waals surface area (Å²) in [7, 11) is 0. The molecule has 0 aromatic heterocycles. The number of rotatable bonds is 4. The number of likely N-dealkylation sites (tertiary alicyclic amines) is 1. The lowest BCUT2D eigenvalue weighted by molar-refractivity contribution is -0.138. The molecular formula is C14H25NO3. The lowest BCUT2D eigenvalue weighted by atomic mass is 9.84. The third-order valence-electron chi connectivity index (χ3n) is 4.60. The molecular weight excluding hydrogens is 230 g/mol. The van der Waals surface area contributed by atoms with E-state index in [2.05, 4.69) is 18.7 Å². The van der Waals surface area contributed by atoms with Crippen LogP contribution in [-0.2, 0) is 9.53 Å². The van der Waals surface area contributed by atoms with E-state index in [0.29, 0.717) is 24.5 Å². The van der Waals surface area contributed by atoms with Crippen LogP contribution in [0.2, 0.25) is 0 Å². The zero-order chi connectivity index (χ0) is 13.1. The van der Waals surface area contributed by atoms with E-state index in [1.54, 1.807) is 0 Å². The molecule has 2 aliphatic heterocycles. The summed E-state index contributed by atoms with van der Waals surface area (Å²) in [6, 6.07) is 0.546. The van der Waals surface area contributed by atoms with E-state index < -0.39 is 5.97 Å². The van der Waals surface area contributed by atoms with Crippen LogP contribution in [0.5, 0.6) is 0 Å². The van der Waals surface area contributed by atoms with Gasteiger partial charge in [0.1, 0.15) is 0 Å². The topological polar surface area (TPSA) is 49.8 Å². The summed E-state index contributed by atoms with van der Waals surface area (Å²) in [5.74, 6) is 0.141. The highest BCUT2D eigenvalue weighted by Gasteiger charge is 2.34. The van der Waals surface area contributed by atoms with E-state index in [9.17, 15) is 4.79 Å². The van der Waals surface area contributed by atoms with Gasteiger partial charge < -0.3 is 9.84 Å². The average Bonchev–Trinajstić information content (AvgIpc) is 2.75. The van der Waals surface area contributed by atoms with Gasteiger partial charge in [-0.05, 0) is 44.6 Å². The highest BCUT2D eigenvalue weighted by molar-refractivity contribution is 5.67. The van der Waals surface area contributed by atoms with Crippen LogP contribution >= 0.6 is 0 Å². The summed E-state index contributed by atoms with van der Waals surface area (Å²) < 4.78 is 5.64. The molecule has 4 unspecified atom stereocenters. The SMILES string of the molecule is CC(CC(=O)O)C1CCCN(C2CCOC2C)C1. The molecule has 2 saturated heterocycles. The van der Waals surface area contributed by atoms with Crippen LogP contribution in [-0.4, -0.2) is 47.8 Å². The van der Waals surface area contributed by atoms with Gasteiger partial charge in [-0.3, -0.25) is 9.69 Å². The van der Waals surface area contributed by atoms with Crippen LogP contribution in [0.4, 0.5) is 0 Å². The molecule has 0 spiro atoms. The Kier molecular flexibility index (Phi) is 4.62. The van der Waals surface area contributed by atoms with Gasteiger partial charge in [-0.25, -0.2) is 0 Å². The molecule has 1 N–H and O–H groups in total. The first kappa shape index (κ1) is 13.8. The van der Waals surface area contributed by atoms with Crippen LogP contribution < -0.4 is 0 Å². The van der Waals surface area contributed by atoms with E-state index in [-0.39, 0.29) is 5.92 Å². The fourth-order valence-electron chi connectivity index (χ4n) is 3.45. The first-order chi connectivity index (χ1) is 8.58. The number of hydrogen-bond donors (Lipinski definition) is 1. The van der Waals surface area contributed by atoms with E-state index in [0.717, 1.165) is 26.1 Å². The van der Waals surface area contributed by atoms with Gasteiger partial charge in [0.25, 0.3) is 0 Å². The van der Waals surface area contributed by atoms with E-state index >= 15 is 0 Å². The van der Waals surface area contributed by atoms with Crippen LogP contribution in [0.25, 0.3) is 0 Å². The zero-order valence-electron chi connectivity index (χ0n) is 11.5. The van der Waals surface area contributed by atoms with Crippen LogP contribution in [0.15, 0.2) is 0 Å². The lowest BCUT2D eigenvalue weighted by Gasteiger charge is -2.39. The molecule has 2 rings (SSSR count). The molecule has 104 valence electrons. The van der Waals surface area contributed by atoms with Gasteiger partial charge in [0.15, 0.2) is 0 Å². The smallest absolute Gasteiger partial charge is 0.303 e. The lowest BCUT2D eigenvalue weighted by Crippen LogP contribution is -2.47.